The standard InChI is InChI=1S/C16H20N2O2/c17-9-14(13-4-2-1-3-5-13)18-10-12-6-7-15-16(8-12)20-11-19-15/h6-8,13-14,18H,1-5,10-11H2. The number of ether oxygens (including phenoxy) is 2. The Bertz CT molecular complexity index is 504. The molecule has 0 spiro atoms. The molecule has 1 fully saturated rings. The van der Waals surface area contributed by atoms with Gasteiger partial charge in [0.15, 0.2) is 11.5 Å². The van der Waals surface area contributed by atoms with E-state index in [2.05, 4.69) is 11.4 Å². The second-order valence-corrected chi connectivity index (χ2v) is 5.57. The van der Waals surface area contributed by atoms with Gasteiger partial charge in [0.2, 0.25) is 6.79 Å². The quantitative estimate of drug-likeness (QED) is 0.915. The van der Waals surface area contributed by atoms with Gasteiger partial charge in [0.1, 0.15) is 0 Å². The smallest absolute Gasteiger partial charge is 0.231 e. The van der Waals surface area contributed by atoms with Crippen LogP contribution in [0.3, 0.4) is 0 Å². The Morgan fingerprint density at radius 3 is 2.80 bits per heavy atom. The fourth-order valence-electron chi connectivity index (χ4n) is 3.06. The summed E-state index contributed by atoms with van der Waals surface area (Å²) in [4.78, 5) is 0. The van der Waals surface area contributed by atoms with Crippen molar-refractivity contribution in [2.45, 2.75) is 44.7 Å². The van der Waals surface area contributed by atoms with Crippen LogP contribution >= 0.6 is 0 Å². The molecule has 0 amide bonds. The van der Waals surface area contributed by atoms with E-state index in [1.54, 1.807) is 0 Å². The van der Waals surface area contributed by atoms with Crippen LogP contribution < -0.4 is 14.8 Å². The number of hydrogen-bond acceptors (Lipinski definition) is 4. The van der Waals surface area contributed by atoms with Crippen LogP contribution in [0.25, 0.3) is 0 Å². The van der Waals surface area contributed by atoms with Crippen molar-refractivity contribution in [3.05, 3.63) is 23.8 Å². The molecule has 20 heavy (non-hydrogen) atoms. The molecule has 1 aliphatic heterocycles. The third-order valence-corrected chi connectivity index (χ3v) is 4.22. The van der Waals surface area contributed by atoms with E-state index >= 15 is 0 Å². The normalized spacial score (nSPS) is 19.6. The van der Waals surface area contributed by atoms with Crippen LogP contribution in [0.4, 0.5) is 0 Å². The van der Waals surface area contributed by atoms with Gasteiger partial charge in [0.05, 0.1) is 12.1 Å². The molecule has 2 aliphatic rings. The van der Waals surface area contributed by atoms with Crippen molar-refractivity contribution in [2.24, 2.45) is 5.92 Å². The van der Waals surface area contributed by atoms with Crippen molar-refractivity contribution in [3.8, 4) is 17.6 Å². The van der Waals surface area contributed by atoms with Gasteiger partial charge in [-0.1, -0.05) is 25.3 Å². The lowest BCUT2D eigenvalue weighted by atomic mass is 9.84. The van der Waals surface area contributed by atoms with Crippen LogP contribution in [0, 0.1) is 17.2 Å². The number of nitriles is 1. The molecule has 1 aromatic carbocycles. The van der Waals surface area contributed by atoms with Gasteiger partial charge >= 0.3 is 0 Å². The largest absolute Gasteiger partial charge is 0.454 e. The molecule has 1 aromatic rings. The Morgan fingerprint density at radius 1 is 1.20 bits per heavy atom. The third-order valence-electron chi connectivity index (χ3n) is 4.22. The van der Waals surface area contributed by atoms with Crippen molar-refractivity contribution < 1.29 is 9.47 Å². The zero-order valence-electron chi connectivity index (χ0n) is 11.6. The summed E-state index contributed by atoms with van der Waals surface area (Å²) in [5.41, 5.74) is 1.13. The number of fused-ring (bicyclic) bond motifs is 1. The van der Waals surface area contributed by atoms with E-state index in [1.165, 1.54) is 32.1 Å². The second-order valence-electron chi connectivity index (χ2n) is 5.57. The fraction of sp³-hybridized carbons (Fsp3) is 0.562. The van der Waals surface area contributed by atoms with Crippen molar-refractivity contribution in [2.75, 3.05) is 6.79 Å². The Morgan fingerprint density at radius 2 is 2.00 bits per heavy atom. The van der Waals surface area contributed by atoms with E-state index in [9.17, 15) is 5.26 Å². The van der Waals surface area contributed by atoms with Crippen molar-refractivity contribution in [3.63, 3.8) is 0 Å². The minimum atomic E-state index is -0.0410. The van der Waals surface area contributed by atoms with Crippen molar-refractivity contribution in [1.29, 1.82) is 5.26 Å². The summed E-state index contributed by atoms with van der Waals surface area (Å²) in [6.07, 6.45) is 6.18. The number of rotatable bonds is 4. The maximum absolute atomic E-state index is 9.35. The average Bonchev–Trinajstić information content (AvgIpc) is 2.96. The number of benzene rings is 1. The predicted octanol–water partition coefficient (Wildman–Crippen LogP) is 2.98. The average molecular weight is 272 g/mol. The van der Waals surface area contributed by atoms with Gasteiger partial charge in [0.25, 0.3) is 0 Å². The molecule has 1 heterocycles. The van der Waals surface area contributed by atoms with Crippen LogP contribution in [0.1, 0.15) is 37.7 Å². The zero-order valence-corrected chi connectivity index (χ0v) is 11.6. The summed E-state index contributed by atoms with van der Waals surface area (Å²) in [6.45, 7) is 1.00. The molecule has 4 heteroatoms. The van der Waals surface area contributed by atoms with E-state index in [0.717, 1.165) is 17.1 Å². The van der Waals surface area contributed by atoms with Gasteiger partial charge < -0.3 is 9.47 Å². The van der Waals surface area contributed by atoms with Crippen LogP contribution in [0.5, 0.6) is 11.5 Å². The third kappa shape index (κ3) is 2.88. The fourth-order valence-corrected chi connectivity index (χ4v) is 3.06. The van der Waals surface area contributed by atoms with E-state index in [0.29, 0.717) is 19.3 Å². The summed E-state index contributed by atoms with van der Waals surface area (Å²) in [6, 6.07) is 8.33. The van der Waals surface area contributed by atoms with Gasteiger partial charge in [-0.25, -0.2) is 0 Å². The summed E-state index contributed by atoms with van der Waals surface area (Å²) in [5.74, 6) is 2.11. The summed E-state index contributed by atoms with van der Waals surface area (Å²) < 4.78 is 10.7. The van der Waals surface area contributed by atoms with Gasteiger partial charge in [-0.3, -0.25) is 5.32 Å². The highest BCUT2D eigenvalue weighted by molar-refractivity contribution is 5.44. The number of nitrogens with zero attached hydrogens (tertiary/aromatic N) is 1. The number of hydrogen-bond donors (Lipinski definition) is 1. The first-order valence-corrected chi connectivity index (χ1v) is 7.38. The molecular weight excluding hydrogens is 252 g/mol. The first kappa shape index (κ1) is 13.3. The molecule has 1 N–H and O–H groups in total. The molecule has 3 rings (SSSR count). The monoisotopic (exact) mass is 272 g/mol. The van der Waals surface area contributed by atoms with Gasteiger partial charge in [-0.2, -0.15) is 5.26 Å². The van der Waals surface area contributed by atoms with Crippen LogP contribution in [-0.4, -0.2) is 12.8 Å². The minimum absolute atomic E-state index is 0.0410. The molecule has 1 unspecified atom stereocenters. The maximum atomic E-state index is 9.35. The molecule has 0 radical (unpaired) electrons. The molecule has 4 nitrogen and oxygen atoms in total. The predicted molar refractivity (Wildman–Crippen MR) is 75.4 cm³/mol. The zero-order chi connectivity index (χ0) is 13.8. The molecule has 106 valence electrons. The van der Waals surface area contributed by atoms with E-state index < -0.39 is 0 Å². The molecule has 1 aliphatic carbocycles. The summed E-state index contributed by atoms with van der Waals surface area (Å²) in [7, 11) is 0. The maximum Gasteiger partial charge on any atom is 0.231 e. The lowest BCUT2D eigenvalue weighted by Gasteiger charge is -2.26. The topological polar surface area (TPSA) is 54.3 Å². The van der Waals surface area contributed by atoms with Crippen molar-refractivity contribution >= 4 is 0 Å². The first-order chi connectivity index (χ1) is 9.86. The summed E-state index contributed by atoms with van der Waals surface area (Å²) in [5, 5.41) is 12.7. The molecule has 0 aromatic heterocycles. The highest BCUT2D eigenvalue weighted by Gasteiger charge is 2.23. The Labute approximate surface area is 119 Å². The highest BCUT2D eigenvalue weighted by Crippen LogP contribution is 2.32. The SMILES string of the molecule is N#CC(NCc1ccc2c(c1)OCO2)C1CCCCC1. The van der Waals surface area contributed by atoms with Gasteiger partial charge in [0, 0.05) is 6.54 Å². The molecule has 1 atom stereocenters. The molecule has 1 saturated carbocycles. The van der Waals surface area contributed by atoms with Crippen LogP contribution in [0.15, 0.2) is 18.2 Å². The van der Waals surface area contributed by atoms with Crippen molar-refractivity contribution in [1.82, 2.24) is 5.32 Å². The van der Waals surface area contributed by atoms with E-state index in [1.807, 2.05) is 18.2 Å². The van der Waals surface area contributed by atoms with Gasteiger partial charge in [-0.15, -0.1) is 0 Å². The highest BCUT2D eigenvalue weighted by atomic mass is 16.7. The number of nitrogens with one attached hydrogen (secondary N) is 1. The first-order valence-electron chi connectivity index (χ1n) is 7.38. The lowest BCUT2D eigenvalue weighted by molar-refractivity contribution is 0.174. The Hall–Kier alpha value is -1.73. The molecule has 0 bridgehead atoms. The Kier molecular flexibility index (Phi) is 4.08. The minimum Gasteiger partial charge on any atom is -0.454 e. The van der Waals surface area contributed by atoms with Gasteiger partial charge in [-0.05, 0) is 36.5 Å². The Balaban J connectivity index is 1.59. The van der Waals surface area contributed by atoms with Crippen LogP contribution in [-0.2, 0) is 6.54 Å². The lowest BCUT2D eigenvalue weighted by Crippen LogP contribution is -2.35. The summed E-state index contributed by atoms with van der Waals surface area (Å²) >= 11 is 0. The second kappa shape index (κ2) is 6.15. The molecular formula is C16H20N2O2. The molecule has 0 saturated heterocycles. The van der Waals surface area contributed by atoms with E-state index in [-0.39, 0.29) is 6.04 Å². The van der Waals surface area contributed by atoms with Crippen LogP contribution in [0.2, 0.25) is 0 Å². The van der Waals surface area contributed by atoms with E-state index in [4.69, 9.17) is 9.47 Å².